The molecule has 3 aromatic carbocycles. The summed E-state index contributed by atoms with van der Waals surface area (Å²) in [5.41, 5.74) is 0.807. The third-order valence-corrected chi connectivity index (χ3v) is 4.91. The molecule has 1 aromatic heterocycles. The molecule has 0 spiro atoms. The van der Waals surface area contributed by atoms with Crippen LogP contribution in [0.3, 0.4) is 0 Å². The lowest BCUT2D eigenvalue weighted by Gasteiger charge is -2.11. The summed E-state index contributed by atoms with van der Waals surface area (Å²) in [5.74, 6) is 2.57. The Balaban J connectivity index is 1.36. The maximum Gasteiger partial charge on any atom is 0.287 e. The van der Waals surface area contributed by atoms with Gasteiger partial charge in [-0.3, -0.25) is 4.79 Å². The van der Waals surface area contributed by atoms with Crippen LogP contribution in [0.2, 0.25) is 0 Å². The number of furan rings is 1. The lowest BCUT2D eigenvalue weighted by Crippen LogP contribution is -2.22. The molecule has 6 nitrogen and oxygen atoms in total. The number of carbonyl (C=O) groups is 1. The Kier molecular flexibility index (Phi) is 6.08. The molecule has 0 atom stereocenters. The molecule has 6 heteroatoms. The molecule has 0 fully saturated rings. The smallest absolute Gasteiger partial charge is 0.287 e. The minimum atomic E-state index is -0.318. The first-order valence-corrected chi connectivity index (χ1v) is 9.85. The molecule has 4 aromatic rings. The Labute approximate surface area is 180 Å². The molecule has 0 unspecified atom stereocenters. The van der Waals surface area contributed by atoms with Crippen LogP contribution in [0.1, 0.15) is 21.9 Å². The van der Waals surface area contributed by atoms with Crippen LogP contribution in [0.5, 0.6) is 17.2 Å². The van der Waals surface area contributed by atoms with Gasteiger partial charge in [0.05, 0.1) is 14.2 Å². The number of nitrogens with one attached hydrogen (secondary N) is 1. The summed E-state index contributed by atoms with van der Waals surface area (Å²) in [6.45, 7) is 0.512. The van der Waals surface area contributed by atoms with Crippen molar-refractivity contribution in [2.75, 3.05) is 14.2 Å². The van der Waals surface area contributed by atoms with E-state index >= 15 is 0 Å². The van der Waals surface area contributed by atoms with Crippen molar-refractivity contribution in [2.24, 2.45) is 0 Å². The Morgan fingerprint density at radius 1 is 0.871 bits per heavy atom. The predicted octanol–water partition coefficient (Wildman–Crippen LogP) is 4.96. The number of methoxy groups -OCH3 is 2. The Hall–Kier alpha value is -3.93. The zero-order valence-corrected chi connectivity index (χ0v) is 17.4. The fraction of sp³-hybridized carbons (Fsp3) is 0.160. The van der Waals surface area contributed by atoms with E-state index in [1.54, 1.807) is 38.5 Å². The zero-order valence-electron chi connectivity index (χ0n) is 17.4. The average molecular weight is 417 g/mol. The van der Waals surface area contributed by atoms with Crippen molar-refractivity contribution >= 4 is 16.7 Å². The van der Waals surface area contributed by atoms with E-state index in [4.69, 9.17) is 18.6 Å². The minimum absolute atomic E-state index is 0.221. The normalized spacial score (nSPS) is 10.6. The maximum atomic E-state index is 12.5. The van der Waals surface area contributed by atoms with Gasteiger partial charge in [-0.2, -0.15) is 0 Å². The molecular weight excluding hydrogens is 394 g/mol. The minimum Gasteiger partial charge on any atom is -0.497 e. The van der Waals surface area contributed by atoms with Gasteiger partial charge in [0.15, 0.2) is 5.76 Å². The number of fused-ring (bicyclic) bond motifs is 1. The second kappa shape index (κ2) is 9.26. The molecule has 0 aliphatic rings. The molecule has 0 radical (unpaired) electrons. The summed E-state index contributed by atoms with van der Waals surface area (Å²) >= 11 is 0. The first-order chi connectivity index (χ1) is 15.2. The van der Waals surface area contributed by atoms with Gasteiger partial charge < -0.3 is 23.9 Å². The molecule has 1 amide bonds. The van der Waals surface area contributed by atoms with Gasteiger partial charge in [-0.05, 0) is 53.2 Å². The van der Waals surface area contributed by atoms with Gasteiger partial charge >= 0.3 is 0 Å². The summed E-state index contributed by atoms with van der Waals surface area (Å²) < 4.78 is 22.1. The number of carbonyl (C=O) groups excluding carboxylic acids is 1. The average Bonchev–Trinajstić information content (AvgIpc) is 3.30. The van der Waals surface area contributed by atoms with Gasteiger partial charge in [0, 0.05) is 12.1 Å². The van der Waals surface area contributed by atoms with Crippen LogP contribution in [-0.4, -0.2) is 20.1 Å². The fourth-order valence-corrected chi connectivity index (χ4v) is 3.27. The van der Waals surface area contributed by atoms with Gasteiger partial charge in [-0.1, -0.05) is 30.3 Å². The molecule has 1 N–H and O–H groups in total. The van der Waals surface area contributed by atoms with Crippen molar-refractivity contribution < 1.29 is 23.4 Å². The lowest BCUT2D eigenvalue weighted by atomic mass is 10.1. The molecule has 0 aliphatic heterocycles. The zero-order chi connectivity index (χ0) is 21.6. The van der Waals surface area contributed by atoms with Crippen LogP contribution in [0.25, 0.3) is 10.8 Å². The van der Waals surface area contributed by atoms with Gasteiger partial charge in [0.2, 0.25) is 0 Å². The summed E-state index contributed by atoms with van der Waals surface area (Å²) in [7, 11) is 3.18. The van der Waals surface area contributed by atoms with Crippen LogP contribution < -0.4 is 19.5 Å². The van der Waals surface area contributed by atoms with E-state index in [1.807, 2.05) is 42.5 Å². The van der Waals surface area contributed by atoms with Crippen LogP contribution in [-0.2, 0) is 13.2 Å². The van der Waals surface area contributed by atoms with E-state index in [-0.39, 0.29) is 24.8 Å². The summed E-state index contributed by atoms with van der Waals surface area (Å²) in [4.78, 5) is 12.5. The summed E-state index contributed by atoms with van der Waals surface area (Å²) in [6, 6.07) is 22.8. The number of hydrogen-bond donors (Lipinski definition) is 1. The summed E-state index contributed by atoms with van der Waals surface area (Å²) in [5, 5.41) is 5.10. The van der Waals surface area contributed by atoms with Crippen molar-refractivity contribution in [3.8, 4) is 17.2 Å². The number of rotatable bonds is 8. The number of ether oxygens (including phenoxy) is 3. The van der Waals surface area contributed by atoms with E-state index in [0.29, 0.717) is 17.3 Å². The fourth-order valence-electron chi connectivity index (χ4n) is 3.27. The van der Waals surface area contributed by atoms with E-state index in [9.17, 15) is 4.79 Å². The first-order valence-electron chi connectivity index (χ1n) is 9.85. The number of hydrogen-bond acceptors (Lipinski definition) is 5. The largest absolute Gasteiger partial charge is 0.497 e. The Morgan fingerprint density at radius 2 is 1.68 bits per heavy atom. The Bertz CT molecular complexity index is 1200. The second-order valence-electron chi connectivity index (χ2n) is 6.92. The van der Waals surface area contributed by atoms with E-state index in [2.05, 4.69) is 11.4 Å². The lowest BCUT2D eigenvalue weighted by molar-refractivity contribution is 0.0918. The van der Waals surface area contributed by atoms with Crippen LogP contribution in [0, 0.1) is 0 Å². The topological polar surface area (TPSA) is 69.9 Å². The van der Waals surface area contributed by atoms with E-state index in [0.717, 1.165) is 22.1 Å². The quantitative estimate of drug-likeness (QED) is 0.439. The predicted molar refractivity (Wildman–Crippen MR) is 118 cm³/mol. The highest BCUT2D eigenvalue weighted by Crippen LogP contribution is 2.24. The molecule has 0 saturated heterocycles. The van der Waals surface area contributed by atoms with Gasteiger partial charge in [-0.15, -0.1) is 0 Å². The SMILES string of the molecule is COc1ccc(OC)c(CNC(=O)c2ccc(COc3ccc4ccccc4c3)o2)c1. The molecule has 4 rings (SSSR count). The van der Waals surface area contributed by atoms with Gasteiger partial charge in [-0.25, -0.2) is 0 Å². The third-order valence-electron chi connectivity index (χ3n) is 4.91. The summed E-state index contributed by atoms with van der Waals surface area (Å²) in [6.07, 6.45) is 0. The highest BCUT2D eigenvalue weighted by Gasteiger charge is 2.13. The van der Waals surface area contributed by atoms with Crippen molar-refractivity contribution in [3.05, 3.63) is 89.9 Å². The van der Waals surface area contributed by atoms with Crippen LogP contribution >= 0.6 is 0 Å². The number of benzene rings is 3. The van der Waals surface area contributed by atoms with Crippen LogP contribution in [0.15, 0.2) is 77.2 Å². The standard InChI is InChI=1S/C25H23NO5/c1-28-20-9-11-23(29-2)19(14-20)15-26-25(27)24-12-10-22(31-24)16-30-21-8-7-17-5-3-4-6-18(17)13-21/h3-14H,15-16H2,1-2H3,(H,26,27). The molecule has 1 heterocycles. The second-order valence-corrected chi connectivity index (χ2v) is 6.92. The van der Waals surface area contributed by atoms with Crippen molar-refractivity contribution in [1.82, 2.24) is 5.32 Å². The highest BCUT2D eigenvalue weighted by atomic mass is 16.5. The Morgan fingerprint density at radius 3 is 2.48 bits per heavy atom. The van der Waals surface area contributed by atoms with Gasteiger partial charge in [0.1, 0.15) is 29.6 Å². The maximum absolute atomic E-state index is 12.5. The molecule has 0 saturated carbocycles. The van der Waals surface area contributed by atoms with E-state index in [1.165, 1.54) is 0 Å². The van der Waals surface area contributed by atoms with E-state index < -0.39 is 0 Å². The van der Waals surface area contributed by atoms with Crippen molar-refractivity contribution in [2.45, 2.75) is 13.2 Å². The molecule has 31 heavy (non-hydrogen) atoms. The third kappa shape index (κ3) is 4.80. The molecule has 0 aliphatic carbocycles. The highest BCUT2D eigenvalue weighted by molar-refractivity contribution is 5.91. The number of amides is 1. The molecule has 0 bridgehead atoms. The van der Waals surface area contributed by atoms with Crippen molar-refractivity contribution in [3.63, 3.8) is 0 Å². The van der Waals surface area contributed by atoms with Gasteiger partial charge in [0.25, 0.3) is 5.91 Å². The molecular formula is C25H23NO5. The first kappa shape index (κ1) is 20.3. The monoisotopic (exact) mass is 417 g/mol. The molecule has 158 valence electrons. The van der Waals surface area contributed by atoms with Crippen LogP contribution in [0.4, 0.5) is 0 Å². The van der Waals surface area contributed by atoms with Crippen molar-refractivity contribution in [1.29, 1.82) is 0 Å².